The number of alkyl halides is 2. The first kappa shape index (κ1) is 14.5. The summed E-state index contributed by atoms with van der Waals surface area (Å²) in [6, 6.07) is 3.00. The second kappa shape index (κ2) is 5.22. The number of rotatable bonds is 4. The third kappa shape index (κ3) is 2.66. The molecule has 20 heavy (non-hydrogen) atoms. The minimum Gasteiger partial charge on any atom is -0.481 e. The van der Waals surface area contributed by atoms with E-state index in [0.29, 0.717) is 13.0 Å². The molecule has 110 valence electrons. The van der Waals surface area contributed by atoms with Crippen LogP contribution in [0.5, 0.6) is 0 Å². The Bertz CT molecular complexity index is 529. The lowest BCUT2D eigenvalue weighted by molar-refractivity contribution is -0.147. The van der Waals surface area contributed by atoms with Gasteiger partial charge in [-0.2, -0.15) is 0 Å². The van der Waals surface area contributed by atoms with Crippen LogP contribution in [0.4, 0.5) is 8.78 Å². The molecule has 1 aliphatic heterocycles. The number of halogens is 2. The Hall–Kier alpha value is -1.92. The van der Waals surface area contributed by atoms with Crippen molar-refractivity contribution in [3.05, 3.63) is 24.0 Å². The summed E-state index contributed by atoms with van der Waals surface area (Å²) >= 11 is 0. The van der Waals surface area contributed by atoms with Crippen LogP contribution in [0.3, 0.4) is 0 Å². The lowest BCUT2D eigenvalue weighted by Gasteiger charge is -2.20. The molecule has 0 aliphatic carbocycles. The number of hydrogen-bond donors (Lipinski definition) is 1. The van der Waals surface area contributed by atoms with E-state index in [1.54, 1.807) is 6.92 Å². The molecule has 0 saturated carbocycles. The number of carboxylic acids is 1. The lowest BCUT2D eigenvalue weighted by atomic mass is 9.90. The quantitative estimate of drug-likeness (QED) is 0.916. The van der Waals surface area contributed by atoms with E-state index in [-0.39, 0.29) is 12.2 Å². The molecule has 0 radical (unpaired) electrons. The van der Waals surface area contributed by atoms with Crippen LogP contribution in [0.25, 0.3) is 0 Å². The molecule has 0 spiro atoms. The molecular formula is C13H16F2N2O3. The molecule has 0 bridgehead atoms. The fourth-order valence-corrected chi connectivity index (χ4v) is 2.39. The summed E-state index contributed by atoms with van der Waals surface area (Å²) in [5.74, 6) is -1.35. The molecular weight excluding hydrogens is 270 g/mol. The average molecular weight is 286 g/mol. The molecule has 1 amide bonds. The number of aliphatic carboxylic acids is 1. The van der Waals surface area contributed by atoms with Gasteiger partial charge in [-0.3, -0.25) is 9.59 Å². The Kier molecular flexibility index (Phi) is 3.78. The molecule has 5 nitrogen and oxygen atoms in total. The topological polar surface area (TPSA) is 62.5 Å². The number of likely N-dealkylation sites (tertiary alicyclic amines) is 1. The van der Waals surface area contributed by atoms with Crippen molar-refractivity contribution in [1.82, 2.24) is 9.47 Å². The number of amides is 1. The summed E-state index contributed by atoms with van der Waals surface area (Å²) in [6.07, 6.45) is -0.757. The number of nitrogens with zero attached hydrogens (tertiary/aromatic N) is 2. The summed E-state index contributed by atoms with van der Waals surface area (Å²) in [7, 11) is 0. The third-order valence-electron chi connectivity index (χ3n) is 3.66. The van der Waals surface area contributed by atoms with Gasteiger partial charge < -0.3 is 14.6 Å². The van der Waals surface area contributed by atoms with Crippen LogP contribution >= 0.6 is 0 Å². The molecule has 1 aromatic heterocycles. The standard InChI is InChI=1S/C13H16F2N2O3/c1-13(12(19)20)4-6-17(8-13)11(18)9-3-2-5-16(9)7-10(14)15/h2-3,5,10H,4,6-8H2,1H3,(H,19,20). The minimum atomic E-state index is -2.54. The summed E-state index contributed by atoms with van der Waals surface area (Å²) < 4.78 is 26.0. The average Bonchev–Trinajstić information content (AvgIpc) is 2.95. The van der Waals surface area contributed by atoms with Gasteiger partial charge in [0.05, 0.1) is 12.0 Å². The van der Waals surface area contributed by atoms with Crippen molar-refractivity contribution >= 4 is 11.9 Å². The molecule has 2 heterocycles. The van der Waals surface area contributed by atoms with Crippen LogP contribution in [0.2, 0.25) is 0 Å². The van der Waals surface area contributed by atoms with E-state index >= 15 is 0 Å². The van der Waals surface area contributed by atoms with Crippen molar-refractivity contribution in [2.24, 2.45) is 5.41 Å². The zero-order valence-corrected chi connectivity index (χ0v) is 11.1. The fraction of sp³-hybridized carbons (Fsp3) is 0.538. The predicted molar refractivity (Wildman–Crippen MR) is 66.7 cm³/mol. The summed E-state index contributed by atoms with van der Waals surface area (Å²) in [5.41, 5.74) is -0.796. The molecule has 1 saturated heterocycles. The van der Waals surface area contributed by atoms with E-state index in [2.05, 4.69) is 0 Å². The maximum atomic E-state index is 12.4. The molecule has 7 heteroatoms. The minimum absolute atomic E-state index is 0.0982. The molecule has 1 N–H and O–H groups in total. The highest BCUT2D eigenvalue weighted by atomic mass is 19.3. The van der Waals surface area contributed by atoms with Crippen molar-refractivity contribution in [2.75, 3.05) is 13.1 Å². The highest BCUT2D eigenvalue weighted by Gasteiger charge is 2.42. The number of carboxylic acid groups (broad SMARTS) is 1. The SMILES string of the molecule is CC1(C(=O)O)CCN(C(=O)c2cccn2CC(F)F)C1. The number of hydrogen-bond acceptors (Lipinski definition) is 2. The molecule has 1 unspecified atom stereocenters. The molecule has 0 aromatic carbocycles. The number of carbonyl (C=O) groups excluding carboxylic acids is 1. The van der Waals surface area contributed by atoms with Crippen LogP contribution in [0.1, 0.15) is 23.8 Å². The Morgan fingerprint density at radius 2 is 2.20 bits per heavy atom. The van der Waals surface area contributed by atoms with Gasteiger partial charge in [0.15, 0.2) is 0 Å². The first-order chi connectivity index (χ1) is 9.33. The van der Waals surface area contributed by atoms with Crippen LogP contribution in [-0.2, 0) is 11.3 Å². The molecule has 1 aliphatic rings. The zero-order chi connectivity index (χ0) is 14.9. The van der Waals surface area contributed by atoms with Crippen LogP contribution in [0.15, 0.2) is 18.3 Å². The summed E-state index contributed by atoms with van der Waals surface area (Å²) in [4.78, 5) is 24.8. The van der Waals surface area contributed by atoms with Gasteiger partial charge in [0.25, 0.3) is 12.3 Å². The smallest absolute Gasteiger partial charge is 0.311 e. The van der Waals surface area contributed by atoms with Crippen LogP contribution < -0.4 is 0 Å². The van der Waals surface area contributed by atoms with E-state index < -0.39 is 30.3 Å². The summed E-state index contributed by atoms with van der Waals surface area (Å²) in [5, 5.41) is 9.13. The van der Waals surface area contributed by atoms with Crippen molar-refractivity contribution < 1.29 is 23.5 Å². The second-order valence-electron chi connectivity index (χ2n) is 5.28. The van der Waals surface area contributed by atoms with Crippen molar-refractivity contribution in [2.45, 2.75) is 26.3 Å². The van der Waals surface area contributed by atoms with E-state index in [9.17, 15) is 18.4 Å². The van der Waals surface area contributed by atoms with Gasteiger partial charge in [-0.1, -0.05) is 0 Å². The van der Waals surface area contributed by atoms with E-state index in [1.165, 1.54) is 27.8 Å². The number of carbonyl (C=O) groups is 2. The second-order valence-corrected chi connectivity index (χ2v) is 5.28. The van der Waals surface area contributed by atoms with Gasteiger partial charge in [-0.25, -0.2) is 8.78 Å². The van der Waals surface area contributed by atoms with E-state index in [0.717, 1.165) is 0 Å². The van der Waals surface area contributed by atoms with Crippen molar-refractivity contribution in [3.63, 3.8) is 0 Å². The van der Waals surface area contributed by atoms with E-state index in [4.69, 9.17) is 5.11 Å². The molecule has 2 rings (SSSR count). The molecule has 1 fully saturated rings. The highest BCUT2D eigenvalue weighted by Crippen LogP contribution is 2.31. The fourth-order valence-electron chi connectivity index (χ4n) is 2.39. The maximum absolute atomic E-state index is 12.4. The van der Waals surface area contributed by atoms with Gasteiger partial charge in [-0.15, -0.1) is 0 Å². The van der Waals surface area contributed by atoms with Crippen molar-refractivity contribution in [1.29, 1.82) is 0 Å². The van der Waals surface area contributed by atoms with Gasteiger partial charge in [0.2, 0.25) is 0 Å². The molecule has 1 aromatic rings. The maximum Gasteiger partial charge on any atom is 0.311 e. The van der Waals surface area contributed by atoms with Crippen molar-refractivity contribution in [3.8, 4) is 0 Å². The lowest BCUT2D eigenvalue weighted by Crippen LogP contribution is -2.35. The third-order valence-corrected chi connectivity index (χ3v) is 3.66. The Morgan fingerprint density at radius 3 is 2.75 bits per heavy atom. The Balaban J connectivity index is 2.14. The first-order valence-corrected chi connectivity index (χ1v) is 6.29. The number of aromatic nitrogens is 1. The van der Waals surface area contributed by atoms with Gasteiger partial charge in [0, 0.05) is 19.3 Å². The largest absolute Gasteiger partial charge is 0.481 e. The Morgan fingerprint density at radius 1 is 1.50 bits per heavy atom. The van der Waals surface area contributed by atoms with Crippen LogP contribution in [-0.4, -0.2) is 46.0 Å². The van der Waals surface area contributed by atoms with E-state index in [1.807, 2.05) is 0 Å². The van der Waals surface area contributed by atoms with Gasteiger partial charge in [0.1, 0.15) is 5.69 Å². The Labute approximate surface area is 114 Å². The first-order valence-electron chi connectivity index (χ1n) is 6.29. The van der Waals surface area contributed by atoms with Gasteiger partial charge >= 0.3 is 5.97 Å². The summed E-state index contributed by atoms with van der Waals surface area (Å²) in [6.45, 7) is 1.46. The normalized spacial score (nSPS) is 22.5. The zero-order valence-electron chi connectivity index (χ0n) is 11.1. The molecule has 1 atom stereocenters. The highest BCUT2D eigenvalue weighted by molar-refractivity contribution is 5.93. The predicted octanol–water partition coefficient (Wildman–Crippen LogP) is 1.69. The monoisotopic (exact) mass is 286 g/mol. The van der Waals surface area contributed by atoms with Gasteiger partial charge in [-0.05, 0) is 25.5 Å². The van der Waals surface area contributed by atoms with Crippen LogP contribution in [0, 0.1) is 5.41 Å².